The largest absolute Gasteiger partial charge is 0.478 e. The molecular formula is C22H25Cl2NO6. The number of carboxylic acids is 1. The van der Waals surface area contributed by atoms with Crippen molar-refractivity contribution in [2.75, 3.05) is 0 Å². The number of hydrogen-bond donors (Lipinski definition) is 4. The van der Waals surface area contributed by atoms with Crippen molar-refractivity contribution in [1.29, 1.82) is 0 Å². The molecule has 2 aromatic carbocycles. The SMILES string of the molecule is CC(C)OC(=O)[C@H](O)C[C@@H](Cc1ccc(-c2cc(Cl)ccc2Cl)cc1)NC(O)C(=O)O. The number of esters is 1. The molecule has 0 heterocycles. The van der Waals surface area contributed by atoms with Crippen molar-refractivity contribution in [3.8, 4) is 11.1 Å². The fourth-order valence-electron chi connectivity index (χ4n) is 3.01. The van der Waals surface area contributed by atoms with Crippen LogP contribution in [-0.2, 0) is 20.7 Å². The zero-order chi connectivity index (χ0) is 23.1. The van der Waals surface area contributed by atoms with Crippen LogP contribution in [0.25, 0.3) is 11.1 Å². The van der Waals surface area contributed by atoms with Crippen LogP contribution in [0, 0.1) is 0 Å². The smallest absolute Gasteiger partial charge is 0.347 e. The second kappa shape index (κ2) is 11.5. The minimum Gasteiger partial charge on any atom is -0.478 e. The molecule has 168 valence electrons. The number of nitrogens with one attached hydrogen (secondary N) is 1. The number of rotatable bonds is 10. The molecule has 0 amide bonds. The molecule has 3 atom stereocenters. The van der Waals surface area contributed by atoms with Crippen molar-refractivity contribution >= 4 is 35.1 Å². The lowest BCUT2D eigenvalue weighted by Crippen LogP contribution is -2.46. The minimum absolute atomic E-state index is 0.141. The molecule has 0 fully saturated rings. The molecule has 0 saturated heterocycles. The number of hydrogen-bond acceptors (Lipinski definition) is 6. The number of aliphatic hydroxyl groups is 2. The molecule has 31 heavy (non-hydrogen) atoms. The summed E-state index contributed by atoms with van der Waals surface area (Å²) in [4.78, 5) is 22.9. The predicted octanol–water partition coefficient (Wildman–Crippen LogP) is 3.27. The maximum Gasteiger partial charge on any atom is 0.347 e. The molecular weight excluding hydrogens is 445 g/mol. The Morgan fingerprint density at radius 3 is 2.29 bits per heavy atom. The average Bonchev–Trinajstić information content (AvgIpc) is 2.69. The Balaban J connectivity index is 2.16. The number of aliphatic carboxylic acids is 1. The maximum atomic E-state index is 11.9. The number of ether oxygens (including phenoxy) is 1. The van der Waals surface area contributed by atoms with E-state index >= 15 is 0 Å². The molecule has 7 nitrogen and oxygen atoms in total. The van der Waals surface area contributed by atoms with Crippen molar-refractivity contribution in [3.63, 3.8) is 0 Å². The zero-order valence-corrected chi connectivity index (χ0v) is 18.6. The second-order valence-corrected chi connectivity index (χ2v) is 8.21. The van der Waals surface area contributed by atoms with Gasteiger partial charge in [-0.25, -0.2) is 9.59 Å². The number of benzene rings is 2. The lowest BCUT2D eigenvalue weighted by atomic mass is 9.97. The number of aliphatic hydroxyl groups excluding tert-OH is 2. The first-order valence-corrected chi connectivity index (χ1v) is 10.4. The molecule has 2 rings (SSSR count). The van der Waals surface area contributed by atoms with Gasteiger partial charge in [0.2, 0.25) is 6.23 Å². The Labute approximate surface area is 190 Å². The monoisotopic (exact) mass is 469 g/mol. The van der Waals surface area contributed by atoms with Crippen molar-refractivity contribution < 1.29 is 29.6 Å². The van der Waals surface area contributed by atoms with Crippen LogP contribution < -0.4 is 5.32 Å². The molecule has 0 aliphatic rings. The minimum atomic E-state index is -1.84. The van der Waals surface area contributed by atoms with E-state index in [9.17, 15) is 19.8 Å². The Morgan fingerprint density at radius 2 is 1.71 bits per heavy atom. The summed E-state index contributed by atoms with van der Waals surface area (Å²) in [5.41, 5.74) is 2.40. The van der Waals surface area contributed by atoms with Gasteiger partial charge in [0, 0.05) is 21.7 Å². The van der Waals surface area contributed by atoms with E-state index in [-0.39, 0.29) is 12.8 Å². The maximum absolute atomic E-state index is 11.9. The van der Waals surface area contributed by atoms with Gasteiger partial charge in [0.1, 0.15) is 0 Å². The van der Waals surface area contributed by atoms with E-state index in [1.165, 1.54) is 0 Å². The van der Waals surface area contributed by atoms with E-state index < -0.39 is 36.4 Å². The third-order valence-electron chi connectivity index (χ3n) is 4.43. The third-order valence-corrected chi connectivity index (χ3v) is 5.00. The van der Waals surface area contributed by atoms with Crippen molar-refractivity contribution in [2.24, 2.45) is 0 Å². The van der Waals surface area contributed by atoms with Crippen molar-refractivity contribution in [3.05, 3.63) is 58.1 Å². The Hall–Kier alpha value is -2.16. The van der Waals surface area contributed by atoms with Gasteiger partial charge in [0.05, 0.1) is 6.10 Å². The van der Waals surface area contributed by atoms with Crippen LogP contribution in [0.1, 0.15) is 25.8 Å². The van der Waals surface area contributed by atoms with Crippen LogP contribution >= 0.6 is 23.2 Å². The molecule has 4 N–H and O–H groups in total. The van der Waals surface area contributed by atoms with Crippen LogP contribution in [0.4, 0.5) is 0 Å². The highest BCUT2D eigenvalue weighted by atomic mass is 35.5. The lowest BCUT2D eigenvalue weighted by Gasteiger charge is -2.23. The van der Waals surface area contributed by atoms with Gasteiger partial charge < -0.3 is 20.1 Å². The first-order valence-electron chi connectivity index (χ1n) is 9.66. The summed E-state index contributed by atoms with van der Waals surface area (Å²) in [6.07, 6.45) is -3.60. The molecule has 0 radical (unpaired) electrons. The van der Waals surface area contributed by atoms with Gasteiger partial charge in [-0.1, -0.05) is 47.5 Å². The van der Waals surface area contributed by atoms with E-state index in [1.807, 2.05) is 24.3 Å². The first-order chi connectivity index (χ1) is 14.6. The first kappa shape index (κ1) is 25.1. The molecule has 0 aliphatic heterocycles. The summed E-state index contributed by atoms with van der Waals surface area (Å²) in [6.45, 7) is 3.31. The van der Waals surface area contributed by atoms with Gasteiger partial charge >= 0.3 is 11.9 Å². The highest BCUT2D eigenvalue weighted by molar-refractivity contribution is 6.35. The van der Waals surface area contributed by atoms with Crippen LogP contribution in [0.5, 0.6) is 0 Å². The number of halogens is 2. The van der Waals surface area contributed by atoms with E-state index in [0.29, 0.717) is 10.0 Å². The Kier molecular flexibility index (Phi) is 9.28. The van der Waals surface area contributed by atoms with E-state index in [2.05, 4.69) is 5.32 Å². The van der Waals surface area contributed by atoms with Crippen LogP contribution in [0.3, 0.4) is 0 Å². The molecule has 0 spiro atoms. The standard InChI is InChI=1S/C22H25Cl2NO6/c1-12(2)31-22(30)19(26)11-16(25-20(27)21(28)29)9-13-3-5-14(6-4-13)17-10-15(23)7-8-18(17)24/h3-8,10,12,16,19-20,25-27H,9,11H2,1-2H3,(H,28,29)/t16-,19-,20?/m1/s1. The predicted molar refractivity (Wildman–Crippen MR) is 118 cm³/mol. The lowest BCUT2D eigenvalue weighted by molar-refractivity contribution is -0.158. The summed E-state index contributed by atoms with van der Waals surface area (Å²) >= 11 is 12.3. The van der Waals surface area contributed by atoms with Gasteiger partial charge in [0.25, 0.3) is 0 Å². The fraction of sp³-hybridized carbons (Fsp3) is 0.364. The molecule has 0 aliphatic carbocycles. The Bertz CT molecular complexity index is 903. The summed E-state index contributed by atoms with van der Waals surface area (Å²) in [5, 5.41) is 32.4. The van der Waals surface area contributed by atoms with Gasteiger partial charge in [-0.3, -0.25) is 5.32 Å². The van der Waals surface area contributed by atoms with Crippen molar-refractivity contribution in [1.82, 2.24) is 5.32 Å². The van der Waals surface area contributed by atoms with E-state index in [1.54, 1.807) is 32.0 Å². The fourth-order valence-corrected chi connectivity index (χ4v) is 3.40. The summed E-state index contributed by atoms with van der Waals surface area (Å²) < 4.78 is 4.98. The zero-order valence-electron chi connectivity index (χ0n) is 17.1. The average molecular weight is 470 g/mol. The summed E-state index contributed by atoms with van der Waals surface area (Å²) in [6, 6.07) is 11.7. The second-order valence-electron chi connectivity index (χ2n) is 7.37. The number of carboxylic acid groups (broad SMARTS) is 1. The number of carbonyl (C=O) groups excluding carboxylic acids is 1. The normalized spacial score (nSPS) is 14.2. The molecule has 9 heteroatoms. The molecule has 2 aromatic rings. The topological polar surface area (TPSA) is 116 Å². The van der Waals surface area contributed by atoms with Crippen LogP contribution in [-0.4, -0.2) is 51.7 Å². The van der Waals surface area contributed by atoms with Gasteiger partial charge in [-0.05, 0) is 56.0 Å². The van der Waals surface area contributed by atoms with Crippen molar-refractivity contribution in [2.45, 2.75) is 51.2 Å². The molecule has 1 unspecified atom stereocenters. The summed E-state index contributed by atoms with van der Waals surface area (Å²) in [7, 11) is 0. The van der Waals surface area contributed by atoms with Gasteiger partial charge in [-0.15, -0.1) is 0 Å². The number of carbonyl (C=O) groups is 2. The molecule has 0 aromatic heterocycles. The Morgan fingerprint density at radius 1 is 1.06 bits per heavy atom. The third kappa shape index (κ3) is 7.79. The molecule has 0 bridgehead atoms. The molecule has 0 saturated carbocycles. The highest BCUT2D eigenvalue weighted by Gasteiger charge is 2.26. The van der Waals surface area contributed by atoms with Gasteiger partial charge in [0.15, 0.2) is 6.10 Å². The quantitative estimate of drug-likeness (QED) is 0.311. The summed E-state index contributed by atoms with van der Waals surface area (Å²) in [5.74, 6) is -2.27. The van der Waals surface area contributed by atoms with Crippen LogP contribution in [0.15, 0.2) is 42.5 Å². The van der Waals surface area contributed by atoms with Gasteiger partial charge in [-0.2, -0.15) is 0 Å². The van der Waals surface area contributed by atoms with Crippen LogP contribution in [0.2, 0.25) is 10.0 Å². The highest BCUT2D eigenvalue weighted by Crippen LogP contribution is 2.30. The van der Waals surface area contributed by atoms with E-state index in [4.69, 9.17) is 33.0 Å². The van der Waals surface area contributed by atoms with E-state index in [0.717, 1.165) is 16.7 Å².